The van der Waals surface area contributed by atoms with Crippen LogP contribution in [0.4, 0.5) is 4.39 Å². The van der Waals surface area contributed by atoms with Gasteiger partial charge >= 0.3 is 0 Å². The van der Waals surface area contributed by atoms with E-state index >= 15 is 4.39 Å². The van der Waals surface area contributed by atoms with E-state index in [4.69, 9.17) is 40.5 Å². The summed E-state index contributed by atoms with van der Waals surface area (Å²) in [6.07, 6.45) is 4.35. The molecule has 2 saturated heterocycles. The van der Waals surface area contributed by atoms with Crippen LogP contribution in [-0.2, 0) is 22.3 Å². The van der Waals surface area contributed by atoms with Gasteiger partial charge in [-0.15, -0.1) is 0 Å². The molecule has 0 bridgehead atoms. The Bertz CT molecular complexity index is 1740. The number of aromatic nitrogens is 2. The summed E-state index contributed by atoms with van der Waals surface area (Å²) in [6.45, 7) is 3.60. The van der Waals surface area contributed by atoms with Crippen molar-refractivity contribution in [3.8, 4) is 45.4 Å². The zero-order valence-corrected chi connectivity index (χ0v) is 28.5. The van der Waals surface area contributed by atoms with Crippen molar-refractivity contribution in [3.63, 3.8) is 0 Å². The van der Waals surface area contributed by atoms with Crippen molar-refractivity contribution in [2.75, 3.05) is 54.6 Å². The van der Waals surface area contributed by atoms with E-state index < -0.39 is 0 Å². The van der Waals surface area contributed by atoms with Crippen LogP contribution in [0.2, 0.25) is 5.02 Å². The molecule has 250 valence electrons. The normalized spacial score (nSPS) is 21.1. The zero-order chi connectivity index (χ0) is 33.1. The molecule has 2 aromatic heterocycles. The first-order valence-corrected chi connectivity index (χ1v) is 17.1. The summed E-state index contributed by atoms with van der Waals surface area (Å²) in [7, 11) is 6.82. The fourth-order valence-corrected chi connectivity index (χ4v) is 8.43. The third kappa shape index (κ3) is 5.18. The largest absolute Gasteiger partial charge is 0.481 e. The fourth-order valence-electron chi connectivity index (χ4n) is 8.10. The van der Waals surface area contributed by atoms with Gasteiger partial charge in [-0.3, -0.25) is 9.80 Å². The second-order valence-corrected chi connectivity index (χ2v) is 13.6. The molecule has 0 amide bonds. The quantitative estimate of drug-likeness (QED) is 0.190. The predicted molar refractivity (Wildman–Crippen MR) is 183 cm³/mol. The highest BCUT2D eigenvalue weighted by atomic mass is 35.5. The lowest BCUT2D eigenvalue weighted by Gasteiger charge is -2.42. The molecule has 2 fully saturated rings. The van der Waals surface area contributed by atoms with E-state index in [-0.39, 0.29) is 30.1 Å². The molecule has 2 aliphatic heterocycles. The highest BCUT2D eigenvalue weighted by Gasteiger charge is 2.40. The SMILES string of the molecule is COc1nc(-c2cccc(-c3cccc(-c4cc5c(c(OC)n4)[C@H](N4CC(OC)C4)CC5)c3Cl)c2F)cc2c1[C@H](N1CC(OC)C1)CC2. The van der Waals surface area contributed by atoms with Crippen LogP contribution in [0.5, 0.6) is 11.8 Å². The molecular weight excluding hydrogens is 631 g/mol. The van der Waals surface area contributed by atoms with Gasteiger partial charge in [0.1, 0.15) is 5.82 Å². The summed E-state index contributed by atoms with van der Waals surface area (Å²) >= 11 is 7.13. The lowest BCUT2D eigenvalue weighted by molar-refractivity contribution is -0.0515. The van der Waals surface area contributed by atoms with E-state index in [1.807, 2.05) is 30.3 Å². The molecule has 0 unspecified atom stereocenters. The summed E-state index contributed by atoms with van der Waals surface area (Å²) in [4.78, 5) is 14.6. The summed E-state index contributed by atoms with van der Waals surface area (Å²) in [5, 5.41) is 0.439. The van der Waals surface area contributed by atoms with Crippen LogP contribution in [0.25, 0.3) is 33.6 Å². The zero-order valence-electron chi connectivity index (χ0n) is 27.8. The molecule has 4 aromatic rings. The van der Waals surface area contributed by atoms with Gasteiger partial charge in [-0.2, -0.15) is 0 Å². The Hall–Kier alpha value is -3.60. The molecule has 0 radical (unpaired) electrons. The fraction of sp³-hybridized carbons (Fsp3) is 0.421. The highest BCUT2D eigenvalue weighted by Crippen LogP contribution is 2.47. The average Bonchev–Trinajstić information content (AvgIpc) is 3.68. The number of fused-ring (bicyclic) bond motifs is 2. The predicted octanol–water partition coefficient (Wildman–Crippen LogP) is 6.92. The molecule has 4 aliphatic rings. The standard InChI is InChI=1S/C38H40ClFN4O4/c1-45-23-17-43(18-23)31-13-11-21-15-29(41-37(47-3)33(21)31)27-9-5-7-25(35(27)39)26-8-6-10-28(36(26)40)30-16-22-12-14-32(34(22)38(42-30)48-4)44-19-24(20-44)46-2/h5-10,15-16,23-24,31-32H,11-14,17-20H2,1-4H3/t31-,32-/m1/s1. The van der Waals surface area contributed by atoms with Crippen LogP contribution in [0.1, 0.15) is 47.2 Å². The first-order valence-electron chi connectivity index (χ1n) is 16.7. The van der Waals surface area contributed by atoms with Gasteiger partial charge in [-0.1, -0.05) is 41.9 Å². The number of methoxy groups -OCH3 is 4. The van der Waals surface area contributed by atoms with Crippen LogP contribution >= 0.6 is 11.6 Å². The van der Waals surface area contributed by atoms with Crippen molar-refractivity contribution in [2.45, 2.75) is 50.0 Å². The van der Waals surface area contributed by atoms with E-state index in [0.717, 1.165) is 74.1 Å². The monoisotopic (exact) mass is 670 g/mol. The third-order valence-corrected chi connectivity index (χ3v) is 11.2. The first-order chi connectivity index (χ1) is 23.4. The van der Waals surface area contributed by atoms with Crippen molar-refractivity contribution in [1.29, 1.82) is 0 Å². The summed E-state index contributed by atoms with van der Waals surface area (Å²) in [5.41, 5.74) is 8.03. The number of rotatable bonds is 9. The Kier molecular flexibility index (Phi) is 8.37. The Morgan fingerprint density at radius 2 is 1.12 bits per heavy atom. The maximum Gasteiger partial charge on any atom is 0.218 e. The molecule has 8 nitrogen and oxygen atoms in total. The molecule has 4 heterocycles. The average molecular weight is 671 g/mol. The second-order valence-electron chi connectivity index (χ2n) is 13.2. The van der Waals surface area contributed by atoms with Crippen LogP contribution in [0, 0.1) is 5.82 Å². The van der Waals surface area contributed by atoms with E-state index in [9.17, 15) is 0 Å². The molecular formula is C38H40ClFN4O4. The molecule has 2 aliphatic carbocycles. The van der Waals surface area contributed by atoms with E-state index in [2.05, 4.69) is 15.9 Å². The molecule has 10 heteroatoms. The minimum Gasteiger partial charge on any atom is -0.481 e. The molecule has 0 spiro atoms. The summed E-state index contributed by atoms with van der Waals surface area (Å²) in [6, 6.07) is 15.7. The van der Waals surface area contributed by atoms with Gasteiger partial charge < -0.3 is 18.9 Å². The Balaban J connectivity index is 1.12. The molecule has 0 saturated carbocycles. The number of pyridine rings is 2. The van der Waals surface area contributed by atoms with Crippen LogP contribution in [-0.4, -0.2) is 86.6 Å². The number of aryl methyl sites for hydroxylation is 2. The van der Waals surface area contributed by atoms with Gasteiger partial charge in [0.15, 0.2) is 0 Å². The van der Waals surface area contributed by atoms with Crippen molar-refractivity contribution in [3.05, 3.63) is 81.6 Å². The number of likely N-dealkylation sites (tertiary alicyclic amines) is 2. The maximum atomic E-state index is 16.6. The van der Waals surface area contributed by atoms with Gasteiger partial charge in [-0.05, 0) is 55.0 Å². The lowest BCUT2D eigenvalue weighted by atomic mass is 9.96. The number of benzene rings is 2. The van der Waals surface area contributed by atoms with E-state index in [1.54, 1.807) is 40.6 Å². The maximum absolute atomic E-state index is 16.6. The summed E-state index contributed by atoms with van der Waals surface area (Å²) < 4.78 is 39.3. The molecule has 0 N–H and O–H groups in total. The smallest absolute Gasteiger partial charge is 0.218 e. The number of hydrogen-bond acceptors (Lipinski definition) is 8. The van der Waals surface area contributed by atoms with Gasteiger partial charge in [0.25, 0.3) is 0 Å². The van der Waals surface area contributed by atoms with Crippen molar-refractivity contribution >= 4 is 11.6 Å². The summed E-state index contributed by atoms with van der Waals surface area (Å²) in [5.74, 6) is 0.798. The van der Waals surface area contributed by atoms with E-state index in [1.165, 1.54) is 5.56 Å². The van der Waals surface area contributed by atoms with Crippen molar-refractivity contribution < 1.29 is 23.3 Å². The minimum atomic E-state index is -0.377. The second kappa shape index (κ2) is 12.7. The Labute approximate surface area is 285 Å². The van der Waals surface area contributed by atoms with Gasteiger partial charge in [0.05, 0.1) is 42.8 Å². The van der Waals surface area contributed by atoms with Gasteiger partial charge in [0.2, 0.25) is 11.8 Å². The molecule has 2 aromatic carbocycles. The van der Waals surface area contributed by atoms with Crippen LogP contribution in [0.15, 0.2) is 48.5 Å². The van der Waals surface area contributed by atoms with E-state index in [0.29, 0.717) is 44.9 Å². The van der Waals surface area contributed by atoms with Gasteiger partial charge in [0, 0.05) is 85.9 Å². The lowest BCUT2D eigenvalue weighted by Crippen LogP contribution is -2.52. The highest BCUT2D eigenvalue weighted by molar-refractivity contribution is 6.36. The topological polar surface area (TPSA) is 69.2 Å². The number of ether oxygens (including phenoxy) is 4. The number of nitrogens with zero attached hydrogens (tertiary/aromatic N) is 4. The number of hydrogen-bond donors (Lipinski definition) is 0. The van der Waals surface area contributed by atoms with Crippen LogP contribution < -0.4 is 9.47 Å². The number of halogens is 2. The molecule has 2 atom stereocenters. The molecule has 8 rings (SSSR count). The molecule has 48 heavy (non-hydrogen) atoms. The first kappa shape index (κ1) is 31.7. The van der Waals surface area contributed by atoms with Crippen molar-refractivity contribution in [2.24, 2.45) is 0 Å². The Morgan fingerprint density at radius 1 is 0.667 bits per heavy atom. The van der Waals surface area contributed by atoms with Crippen LogP contribution in [0.3, 0.4) is 0 Å². The van der Waals surface area contributed by atoms with Gasteiger partial charge in [-0.25, -0.2) is 14.4 Å². The minimum absolute atomic E-state index is 0.233. The Morgan fingerprint density at radius 3 is 1.62 bits per heavy atom. The van der Waals surface area contributed by atoms with Crippen molar-refractivity contribution in [1.82, 2.24) is 19.8 Å². The third-order valence-electron chi connectivity index (χ3n) is 10.8.